The molecule has 0 N–H and O–H groups in total. The van der Waals surface area contributed by atoms with Crippen molar-refractivity contribution in [1.29, 1.82) is 5.26 Å². The van der Waals surface area contributed by atoms with Gasteiger partial charge < -0.3 is 0 Å². The van der Waals surface area contributed by atoms with Crippen LogP contribution in [0, 0.1) is 17.1 Å². The minimum atomic E-state index is -0.705. The lowest BCUT2D eigenvalue weighted by Crippen LogP contribution is -1.96. The Morgan fingerprint density at radius 1 is 1.23 bits per heavy atom. The van der Waals surface area contributed by atoms with Gasteiger partial charge in [0.1, 0.15) is 11.9 Å². The molecule has 0 atom stereocenters. The van der Waals surface area contributed by atoms with Crippen LogP contribution in [-0.4, -0.2) is 12.6 Å². The molecule has 3 nitrogen and oxygen atoms in total. The smallest absolute Gasteiger partial charge is 0.151 e. The quantitative estimate of drug-likeness (QED) is 0.640. The molecule has 0 aliphatic rings. The number of rotatable bonds is 2. The summed E-state index contributed by atoms with van der Waals surface area (Å²) < 4.78 is 12.7. The molecule has 0 bridgehead atoms. The molecule has 0 saturated carbocycles. The normalized spacial score (nSPS) is 8.92. The summed E-state index contributed by atoms with van der Waals surface area (Å²) in [5, 5.41) is 8.56. The first-order valence-corrected chi connectivity index (χ1v) is 3.37. The summed E-state index contributed by atoms with van der Waals surface area (Å²) in [6.07, 6.45) is 0.684. The van der Waals surface area contributed by atoms with Crippen LogP contribution in [0.1, 0.15) is 26.3 Å². The highest BCUT2D eigenvalue weighted by Gasteiger charge is 2.09. The molecule has 0 heterocycles. The number of carbonyl (C=O) groups excluding carboxylic acids is 2. The van der Waals surface area contributed by atoms with Gasteiger partial charge in [-0.05, 0) is 12.1 Å². The average molecular weight is 177 g/mol. The fourth-order valence-corrected chi connectivity index (χ4v) is 0.965. The monoisotopic (exact) mass is 177 g/mol. The second kappa shape index (κ2) is 3.59. The van der Waals surface area contributed by atoms with Crippen LogP contribution < -0.4 is 0 Å². The summed E-state index contributed by atoms with van der Waals surface area (Å²) >= 11 is 0. The lowest BCUT2D eigenvalue weighted by molar-refractivity contribution is 0.112. The van der Waals surface area contributed by atoms with Gasteiger partial charge in [-0.3, -0.25) is 9.59 Å². The molecule has 1 aromatic carbocycles. The van der Waals surface area contributed by atoms with E-state index in [0.29, 0.717) is 12.6 Å². The van der Waals surface area contributed by atoms with E-state index in [0.717, 1.165) is 12.1 Å². The van der Waals surface area contributed by atoms with Crippen molar-refractivity contribution < 1.29 is 14.0 Å². The number of nitrogens with zero attached hydrogens (tertiary/aromatic N) is 1. The Kier molecular flexibility index (Phi) is 2.50. The van der Waals surface area contributed by atoms with Gasteiger partial charge in [0.25, 0.3) is 0 Å². The molecule has 13 heavy (non-hydrogen) atoms. The van der Waals surface area contributed by atoms with Crippen molar-refractivity contribution in [2.24, 2.45) is 0 Å². The molecule has 0 unspecified atom stereocenters. The summed E-state index contributed by atoms with van der Waals surface area (Å²) in [6.45, 7) is 0. The lowest BCUT2D eigenvalue weighted by atomic mass is 10.0. The van der Waals surface area contributed by atoms with Gasteiger partial charge in [-0.2, -0.15) is 5.26 Å². The number of benzene rings is 1. The van der Waals surface area contributed by atoms with Crippen LogP contribution in [0.5, 0.6) is 0 Å². The minimum absolute atomic E-state index is 0.0913. The topological polar surface area (TPSA) is 57.9 Å². The van der Waals surface area contributed by atoms with Gasteiger partial charge in [-0.15, -0.1) is 0 Å². The minimum Gasteiger partial charge on any atom is -0.298 e. The van der Waals surface area contributed by atoms with E-state index in [1.807, 2.05) is 0 Å². The van der Waals surface area contributed by atoms with Gasteiger partial charge in [0.2, 0.25) is 0 Å². The summed E-state index contributed by atoms with van der Waals surface area (Å²) in [5.41, 5.74) is -0.305. The number of carbonyl (C=O) groups is 2. The summed E-state index contributed by atoms with van der Waals surface area (Å²) in [4.78, 5) is 20.7. The van der Waals surface area contributed by atoms with Crippen molar-refractivity contribution in [1.82, 2.24) is 0 Å². The maximum atomic E-state index is 12.7. The second-order valence-corrected chi connectivity index (χ2v) is 2.31. The van der Waals surface area contributed by atoms with E-state index in [4.69, 9.17) is 5.26 Å². The Bertz CT molecular complexity index is 378. The maximum Gasteiger partial charge on any atom is 0.151 e. The molecular weight excluding hydrogens is 173 g/mol. The summed E-state index contributed by atoms with van der Waals surface area (Å²) in [5.74, 6) is -0.705. The fraction of sp³-hybridized carbons (Fsp3) is 0. The zero-order valence-electron chi connectivity index (χ0n) is 6.45. The Morgan fingerprint density at radius 3 is 2.00 bits per heavy atom. The molecule has 0 aliphatic heterocycles. The molecule has 0 saturated heterocycles. The number of nitriles is 1. The number of hydrogen-bond donors (Lipinski definition) is 0. The highest BCUT2D eigenvalue weighted by Crippen LogP contribution is 2.13. The predicted octanol–water partition coefficient (Wildman–Crippen LogP) is 1.32. The molecule has 4 heteroatoms. The van der Waals surface area contributed by atoms with Crippen LogP contribution in [0.3, 0.4) is 0 Å². The van der Waals surface area contributed by atoms with Crippen LogP contribution in [0.4, 0.5) is 4.39 Å². The largest absolute Gasteiger partial charge is 0.298 e. The Labute approximate surface area is 73.4 Å². The highest BCUT2D eigenvalue weighted by molar-refractivity contribution is 5.87. The summed E-state index contributed by atoms with van der Waals surface area (Å²) in [7, 11) is 0. The SMILES string of the molecule is N#Cc1c(C=O)cc(F)cc1C=O. The molecule has 1 rings (SSSR count). The third-order valence-electron chi connectivity index (χ3n) is 1.53. The maximum absolute atomic E-state index is 12.7. The third kappa shape index (κ3) is 1.59. The van der Waals surface area contributed by atoms with Crippen LogP contribution in [-0.2, 0) is 0 Å². The third-order valence-corrected chi connectivity index (χ3v) is 1.53. The first-order chi connectivity index (χ1) is 6.22. The Balaban J connectivity index is 3.53. The van der Waals surface area contributed by atoms with E-state index in [1.165, 1.54) is 0 Å². The van der Waals surface area contributed by atoms with Gasteiger partial charge >= 0.3 is 0 Å². The molecule has 0 aromatic heterocycles. The molecule has 0 spiro atoms. The molecular formula is C9H4FNO2. The number of halogens is 1. The van der Waals surface area contributed by atoms with E-state index in [2.05, 4.69) is 0 Å². The standard InChI is InChI=1S/C9H4FNO2/c10-8-1-6(4-12)9(3-11)7(2-8)5-13/h1-2,4-5H. The van der Waals surface area contributed by atoms with E-state index in [-0.39, 0.29) is 16.7 Å². The molecule has 0 aliphatic carbocycles. The molecule has 64 valence electrons. The van der Waals surface area contributed by atoms with Crippen molar-refractivity contribution in [3.05, 3.63) is 34.6 Å². The predicted molar refractivity (Wildman–Crippen MR) is 41.9 cm³/mol. The number of hydrogen-bond acceptors (Lipinski definition) is 3. The van der Waals surface area contributed by atoms with Gasteiger partial charge in [0.05, 0.1) is 5.56 Å². The van der Waals surface area contributed by atoms with Gasteiger partial charge in [0, 0.05) is 11.1 Å². The van der Waals surface area contributed by atoms with E-state index >= 15 is 0 Å². The van der Waals surface area contributed by atoms with Crippen molar-refractivity contribution in [3.8, 4) is 6.07 Å². The highest BCUT2D eigenvalue weighted by atomic mass is 19.1. The lowest BCUT2D eigenvalue weighted by Gasteiger charge is -1.98. The van der Waals surface area contributed by atoms with E-state index in [9.17, 15) is 14.0 Å². The fourth-order valence-electron chi connectivity index (χ4n) is 0.965. The van der Waals surface area contributed by atoms with Crippen LogP contribution in [0.2, 0.25) is 0 Å². The second-order valence-electron chi connectivity index (χ2n) is 2.31. The Morgan fingerprint density at radius 2 is 1.69 bits per heavy atom. The van der Waals surface area contributed by atoms with Crippen molar-refractivity contribution in [3.63, 3.8) is 0 Å². The zero-order valence-corrected chi connectivity index (χ0v) is 6.45. The summed E-state index contributed by atoms with van der Waals surface area (Å²) in [6, 6.07) is 3.49. The van der Waals surface area contributed by atoms with Gasteiger partial charge in [-0.1, -0.05) is 0 Å². The van der Waals surface area contributed by atoms with Gasteiger partial charge in [0.15, 0.2) is 12.6 Å². The number of aldehydes is 2. The van der Waals surface area contributed by atoms with Crippen molar-refractivity contribution in [2.45, 2.75) is 0 Å². The average Bonchev–Trinajstić information content (AvgIpc) is 2.16. The van der Waals surface area contributed by atoms with Crippen molar-refractivity contribution in [2.75, 3.05) is 0 Å². The first-order valence-electron chi connectivity index (χ1n) is 3.37. The van der Waals surface area contributed by atoms with Crippen molar-refractivity contribution >= 4 is 12.6 Å². The van der Waals surface area contributed by atoms with Crippen LogP contribution in [0.25, 0.3) is 0 Å². The molecule has 0 amide bonds. The first kappa shape index (κ1) is 9.07. The molecule has 1 aromatic rings. The molecule has 0 radical (unpaired) electrons. The van der Waals surface area contributed by atoms with Crippen LogP contribution in [0.15, 0.2) is 12.1 Å². The Hall–Kier alpha value is -2.02. The molecule has 0 fully saturated rings. The zero-order chi connectivity index (χ0) is 9.84. The van der Waals surface area contributed by atoms with Gasteiger partial charge in [-0.25, -0.2) is 4.39 Å². The van der Waals surface area contributed by atoms with E-state index < -0.39 is 5.82 Å². The van der Waals surface area contributed by atoms with E-state index in [1.54, 1.807) is 6.07 Å². The van der Waals surface area contributed by atoms with Crippen LogP contribution >= 0.6 is 0 Å².